The fraction of sp³-hybridized carbons (Fsp3) is 0.0377. The van der Waals surface area contributed by atoms with Gasteiger partial charge in [-0.15, -0.1) is 0 Å². The smallest absolute Gasteiger partial charge is 0.208 e. The van der Waals surface area contributed by atoms with Gasteiger partial charge in [-0.3, -0.25) is 0 Å². The van der Waals surface area contributed by atoms with Gasteiger partial charge in [0.1, 0.15) is 0 Å². The Hall–Kier alpha value is -7.37. The molecule has 11 rings (SSSR count). The van der Waals surface area contributed by atoms with Crippen LogP contribution < -0.4 is 0 Å². The van der Waals surface area contributed by atoms with Crippen LogP contribution in [0, 0.1) is 0 Å². The Morgan fingerprint density at radius 2 is 0.655 bits per heavy atom. The van der Waals surface area contributed by atoms with E-state index in [2.05, 4.69) is 91.0 Å². The Morgan fingerprint density at radius 3 is 1.17 bits per heavy atom. The Balaban J connectivity index is 1.02. The van der Waals surface area contributed by atoms with Crippen molar-refractivity contribution in [2.75, 3.05) is 0 Å². The van der Waals surface area contributed by atoms with Crippen LogP contribution in [0.1, 0.15) is 33.4 Å². The summed E-state index contributed by atoms with van der Waals surface area (Å²) in [6.07, 6.45) is 0. The molecule has 2 aliphatic rings. The normalized spacial score (nSPS) is 14.0. The zero-order valence-electron chi connectivity index (χ0n) is 31.2. The van der Waals surface area contributed by atoms with Gasteiger partial charge in [-0.1, -0.05) is 182 Å². The van der Waals surface area contributed by atoms with Crippen LogP contribution in [0.25, 0.3) is 67.5 Å². The number of fused-ring (bicyclic) bond motifs is 6. The van der Waals surface area contributed by atoms with Gasteiger partial charge >= 0.3 is 0 Å². The standard InChI is InChI=1S/C53H33F2N3/c54-53(55)47-32-37(36-25-28-42-41-23-13-14-24-45(41)52(46(42)31-36,39-19-9-3-10-20-39)40-21-11-4-12-22-40)26-29-43(47)44-30-27-38(33-48(44)53)51-57-49(34-15-5-1-6-16-34)56-50(58-51)35-17-7-2-8-18-35/h1-33H. The van der Waals surface area contributed by atoms with Crippen molar-refractivity contribution < 1.29 is 8.78 Å². The lowest BCUT2D eigenvalue weighted by atomic mass is 9.67. The van der Waals surface area contributed by atoms with E-state index in [1.54, 1.807) is 18.2 Å². The lowest BCUT2D eigenvalue weighted by Gasteiger charge is -2.34. The molecule has 0 fully saturated rings. The van der Waals surface area contributed by atoms with E-state index in [0.717, 1.165) is 44.5 Å². The number of aromatic nitrogens is 3. The topological polar surface area (TPSA) is 38.7 Å². The van der Waals surface area contributed by atoms with Gasteiger partial charge in [-0.2, -0.15) is 8.78 Å². The first kappa shape index (κ1) is 33.9. The molecule has 58 heavy (non-hydrogen) atoms. The van der Waals surface area contributed by atoms with Gasteiger partial charge in [0.25, 0.3) is 5.92 Å². The molecule has 0 unspecified atom stereocenters. The van der Waals surface area contributed by atoms with E-state index < -0.39 is 11.3 Å². The summed E-state index contributed by atoms with van der Waals surface area (Å²) in [5, 5.41) is 0. The van der Waals surface area contributed by atoms with Crippen LogP contribution in [0.15, 0.2) is 200 Å². The third kappa shape index (κ3) is 5.13. The van der Waals surface area contributed by atoms with E-state index >= 15 is 8.78 Å². The van der Waals surface area contributed by atoms with Gasteiger partial charge in [0.2, 0.25) is 0 Å². The van der Waals surface area contributed by atoms with Gasteiger partial charge in [0, 0.05) is 27.8 Å². The van der Waals surface area contributed by atoms with Crippen molar-refractivity contribution in [2.45, 2.75) is 11.3 Å². The average Bonchev–Trinajstić information content (AvgIpc) is 3.72. The highest BCUT2D eigenvalue weighted by Crippen LogP contribution is 2.57. The van der Waals surface area contributed by atoms with E-state index in [0.29, 0.717) is 34.2 Å². The van der Waals surface area contributed by atoms with Gasteiger partial charge < -0.3 is 0 Å². The molecular weight excluding hydrogens is 717 g/mol. The van der Waals surface area contributed by atoms with Crippen LogP contribution in [-0.4, -0.2) is 15.0 Å². The highest BCUT2D eigenvalue weighted by Gasteiger charge is 2.47. The average molecular weight is 750 g/mol. The molecule has 0 N–H and O–H groups in total. The number of nitrogens with zero attached hydrogens (tertiary/aromatic N) is 3. The first-order valence-corrected chi connectivity index (χ1v) is 19.4. The molecule has 0 saturated heterocycles. The van der Waals surface area contributed by atoms with Crippen LogP contribution in [0.2, 0.25) is 0 Å². The molecule has 0 amide bonds. The largest absolute Gasteiger partial charge is 0.299 e. The Bertz CT molecular complexity index is 2920. The summed E-state index contributed by atoms with van der Waals surface area (Å²) in [6, 6.07) is 66.2. The Kier molecular flexibility index (Phi) is 7.67. The minimum atomic E-state index is -3.25. The quantitative estimate of drug-likeness (QED) is 0.170. The van der Waals surface area contributed by atoms with Gasteiger partial charge in [-0.25, -0.2) is 15.0 Å². The molecule has 3 nitrogen and oxygen atoms in total. The monoisotopic (exact) mass is 749 g/mol. The van der Waals surface area contributed by atoms with Crippen LogP contribution >= 0.6 is 0 Å². The molecule has 0 radical (unpaired) electrons. The van der Waals surface area contributed by atoms with E-state index in [1.807, 2.05) is 91.0 Å². The summed E-state index contributed by atoms with van der Waals surface area (Å²) in [5.41, 5.74) is 11.1. The molecule has 8 aromatic carbocycles. The van der Waals surface area contributed by atoms with E-state index in [9.17, 15) is 0 Å². The summed E-state index contributed by atoms with van der Waals surface area (Å²) in [5.74, 6) is -1.96. The van der Waals surface area contributed by atoms with Crippen LogP contribution in [0.5, 0.6) is 0 Å². The van der Waals surface area contributed by atoms with Crippen molar-refractivity contribution >= 4 is 0 Å². The molecule has 0 spiro atoms. The molecule has 0 aliphatic heterocycles. The Morgan fingerprint density at radius 1 is 0.293 bits per heavy atom. The maximum atomic E-state index is 16.9. The summed E-state index contributed by atoms with van der Waals surface area (Å²) < 4.78 is 33.8. The summed E-state index contributed by atoms with van der Waals surface area (Å²) in [4.78, 5) is 14.4. The predicted molar refractivity (Wildman–Crippen MR) is 227 cm³/mol. The second-order valence-electron chi connectivity index (χ2n) is 14.9. The van der Waals surface area contributed by atoms with Gasteiger partial charge in [-0.05, 0) is 73.8 Å². The molecule has 9 aromatic rings. The number of halogens is 2. The van der Waals surface area contributed by atoms with Crippen molar-refractivity contribution in [2.24, 2.45) is 0 Å². The van der Waals surface area contributed by atoms with Crippen LogP contribution in [0.3, 0.4) is 0 Å². The fourth-order valence-corrected chi connectivity index (χ4v) is 9.10. The summed E-state index contributed by atoms with van der Waals surface area (Å²) >= 11 is 0. The lowest BCUT2D eigenvalue weighted by Crippen LogP contribution is -2.28. The number of benzene rings is 8. The zero-order chi connectivity index (χ0) is 38.8. The molecule has 0 saturated carbocycles. The van der Waals surface area contributed by atoms with Gasteiger partial charge in [0.15, 0.2) is 17.5 Å². The maximum Gasteiger partial charge on any atom is 0.299 e. The third-order valence-electron chi connectivity index (χ3n) is 11.8. The molecule has 274 valence electrons. The first-order valence-electron chi connectivity index (χ1n) is 19.4. The van der Waals surface area contributed by atoms with E-state index in [1.165, 1.54) is 11.1 Å². The maximum absolute atomic E-state index is 16.9. The number of rotatable bonds is 6. The van der Waals surface area contributed by atoms with Crippen molar-refractivity contribution in [3.05, 3.63) is 234 Å². The number of alkyl halides is 2. The molecule has 0 atom stereocenters. The van der Waals surface area contributed by atoms with Crippen molar-refractivity contribution in [1.29, 1.82) is 0 Å². The molecule has 1 heterocycles. The SMILES string of the molecule is FC1(F)c2cc(-c3ccc4c(c3)C(c3ccccc3)(c3ccccc3)c3ccccc3-4)ccc2-c2ccc(-c3nc(-c4ccccc4)nc(-c4ccccc4)n3)cc21. The lowest BCUT2D eigenvalue weighted by molar-refractivity contribution is 0.0481. The fourth-order valence-electron chi connectivity index (χ4n) is 9.10. The molecule has 0 bridgehead atoms. The predicted octanol–water partition coefficient (Wildman–Crippen LogP) is 13.0. The van der Waals surface area contributed by atoms with E-state index in [4.69, 9.17) is 15.0 Å². The van der Waals surface area contributed by atoms with Crippen molar-refractivity contribution in [1.82, 2.24) is 15.0 Å². The molecular formula is C53H33F2N3. The first-order chi connectivity index (χ1) is 28.5. The zero-order valence-corrected chi connectivity index (χ0v) is 31.2. The molecule has 1 aromatic heterocycles. The van der Waals surface area contributed by atoms with Crippen molar-refractivity contribution in [3.8, 4) is 67.5 Å². The van der Waals surface area contributed by atoms with Gasteiger partial charge in [0.05, 0.1) is 5.41 Å². The highest BCUT2D eigenvalue weighted by molar-refractivity contribution is 5.90. The van der Waals surface area contributed by atoms with Crippen LogP contribution in [-0.2, 0) is 11.3 Å². The summed E-state index contributed by atoms with van der Waals surface area (Å²) in [7, 11) is 0. The summed E-state index contributed by atoms with van der Waals surface area (Å²) in [6.45, 7) is 0. The minimum Gasteiger partial charge on any atom is -0.208 e. The molecule has 5 heteroatoms. The van der Waals surface area contributed by atoms with Crippen molar-refractivity contribution in [3.63, 3.8) is 0 Å². The third-order valence-corrected chi connectivity index (χ3v) is 11.8. The minimum absolute atomic E-state index is 0.0103. The molecule has 2 aliphatic carbocycles. The van der Waals surface area contributed by atoms with Crippen LogP contribution in [0.4, 0.5) is 8.78 Å². The second kappa shape index (κ2) is 13.1. The number of hydrogen-bond acceptors (Lipinski definition) is 3. The van der Waals surface area contributed by atoms with E-state index in [-0.39, 0.29) is 11.1 Å². The Labute approximate surface area is 335 Å². The highest BCUT2D eigenvalue weighted by atomic mass is 19.3. The number of hydrogen-bond donors (Lipinski definition) is 0. The second-order valence-corrected chi connectivity index (χ2v) is 14.9.